The molecule has 1 aliphatic carbocycles. The van der Waals surface area contributed by atoms with Crippen molar-refractivity contribution in [1.29, 1.82) is 0 Å². The van der Waals surface area contributed by atoms with E-state index in [4.69, 9.17) is 0 Å². The van der Waals surface area contributed by atoms with Gasteiger partial charge in [0.05, 0.1) is 0 Å². The Labute approximate surface area is 362 Å². The molecule has 0 fully saturated rings. The van der Waals surface area contributed by atoms with Gasteiger partial charge < -0.3 is 0 Å². The Hall–Kier alpha value is -8.06. The van der Waals surface area contributed by atoms with E-state index in [1.807, 2.05) is 0 Å². The van der Waals surface area contributed by atoms with Crippen molar-refractivity contribution in [2.24, 2.45) is 0 Å². The lowest BCUT2D eigenvalue weighted by molar-refractivity contribution is 1.52. The van der Waals surface area contributed by atoms with Crippen molar-refractivity contribution in [2.45, 2.75) is 0 Å². The minimum Gasteiger partial charge on any atom is -0.0622 e. The third kappa shape index (κ3) is 5.99. The zero-order valence-electron chi connectivity index (χ0n) is 34.1. The maximum atomic E-state index is 2.46. The van der Waals surface area contributed by atoms with Crippen LogP contribution in [0.25, 0.3) is 122 Å². The Kier molecular flexibility index (Phi) is 8.61. The lowest BCUT2D eigenvalue weighted by atomic mass is 9.79. The first-order chi connectivity index (χ1) is 30.8. The van der Waals surface area contributed by atoms with E-state index in [2.05, 4.69) is 243 Å². The summed E-state index contributed by atoms with van der Waals surface area (Å²) in [6.07, 6.45) is 0. The Balaban J connectivity index is 1.11. The van der Waals surface area contributed by atoms with Crippen LogP contribution >= 0.6 is 0 Å². The first kappa shape index (κ1) is 35.8. The Bertz CT molecular complexity index is 3440. The molecule has 0 amide bonds. The Morgan fingerprint density at radius 3 is 0.935 bits per heavy atom. The van der Waals surface area contributed by atoms with Crippen LogP contribution in [0.5, 0.6) is 0 Å². The van der Waals surface area contributed by atoms with Crippen LogP contribution in [-0.4, -0.2) is 0 Å². The fraction of sp³-hybridized carbons (Fsp3) is 0. The highest BCUT2D eigenvalue weighted by Gasteiger charge is 2.24. The van der Waals surface area contributed by atoms with Gasteiger partial charge in [-0.3, -0.25) is 0 Å². The standard InChI is InChI=1S/C62H40/c1-3-18-41(19-4-1)43-22-17-23-44(36-43)47-37-46(42-20-5-2-6-21-42)38-48(39-47)62-58-32-15-13-30-56(58)61(57-31-14-16-33-59(57)62)45-34-35-55-53-28-10-9-26-51(53)49-24-7-8-25-50(49)52-27-11-12-29-54(52)60(55)40-45/h1-40H. The van der Waals surface area contributed by atoms with Crippen molar-refractivity contribution >= 4 is 21.5 Å². The summed E-state index contributed by atoms with van der Waals surface area (Å²) in [5.74, 6) is 0. The van der Waals surface area contributed by atoms with E-state index in [-0.39, 0.29) is 0 Å². The summed E-state index contributed by atoms with van der Waals surface area (Å²) in [4.78, 5) is 0. The van der Waals surface area contributed by atoms with Gasteiger partial charge in [-0.1, -0.05) is 212 Å². The molecular formula is C62H40. The van der Waals surface area contributed by atoms with Crippen molar-refractivity contribution in [1.82, 2.24) is 0 Å². The van der Waals surface area contributed by atoms with Gasteiger partial charge in [0.15, 0.2) is 0 Å². The minimum absolute atomic E-state index is 1.19. The van der Waals surface area contributed by atoms with Gasteiger partial charge in [0.2, 0.25) is 0 Å². The molecule has 0 heterocycles. The summed E-state index contributed by atoms with van der Waals surface area (Å²) in [5.41, 5.74) is 22.2. The molecule has 0 bridgehead atoms. The molecule has 11 aromatic carbocycles. The monoisotopic (exact) mass is 784 g/mol. The SMILES string of the molecule is c1ccc(-c2cccc(-c3cc(-c4ccccc4)cc(-c4c5ccccc5c(-c5ccc6c(c5)-c5ccccc5-c5ccccc5-c5ccccc5-6)c5ccccc45)c3)c2)cc1. The molecule has 12 rings (SSSR count). The number of rotatable bonds is 5. The van der Waals surface area contributed by atoms with Gasteiger partial charge in [0, 0.05) is 0 Å². The lowest BCUT2D eigenvalue weighted by Crippen LogP contribution is -1.98. The highest BCUT2D eigenvalue weighted by Crippen LogP contribution is 2.51. The zero-order valence-corrected chi connectivity index (χ0v) is 34.1. The third-order valence-electron chi connectivity index (χ3n) is 12.8. The minimum atomic E-state index is 1.19. The molecule has 288 valence electrons. The Morgan fingerprint density at radius 2 is 0.452 bits per heavy atom. The van der Waals surface area contributed by atoms with Crippen molar-refractivity contribution in [3.63, 3.8) is 0 Å². The van der Waals surface area contributed by atoms with E-state index in [1.54, 1.807) is 0 Å². The molecule has 11 aromatic rings. The van der Waals surface area contributed by atoms with Crippen LogP contribution in [0.4, 0.5) is 0 Å². The predicted molar refractivity (Wildman–Crippen MR) is 264 cm³/mol. The highest BCUT2D eigenvalue weighted by atomic mass is 14.3. The van der Waals surface area contributed by atoms with Crippen molar-refractivity contribution in [3.05, 3.63) is 243 Å². The van der Waals surface area contributed by atoms with E-state index in [0.717, 1.165) is 0 Å². The van der Waals surface area contributed by atoms with Crippen LogP contribution in [0.2, 0.25) is 0 Å². The summed E-state index contributed by atoms with van der Waals surface area (Å²) < 4.78 is 0. The molecule has 0 spiro atoms. The molecule has 1 aliphatic rings. The van der Waals surface area contributed by atoms with Crippen molar-refractivity contribution in [2.75, 3.05) is 0 Å². The number of hydrogen-bond donors (Lipinski definition) is 0. The second kappa shape index (κ2) is 14.9. The topological polar surface area (TPSA) is 0 Å². The molecular weight excluding hydrogens is 745 g/mol. The second-order valence-corrected chi connectivity index (χ2v) is 16.4. The van der Waals surface area contributed by atoms with Gasteiger partial charge in [-0.15, -0.1) is 0 Å². The van der Waals surface area contributed by atoms with Crippen LogP contribution in [-0.2, 0) is 0 Å². The van der Waals surface area contributed by atoms with Gasteiger partial charge in [-0.25, -0.2) is 0 Å². The zero-order chi connectivity index (χ0) is 41.0. The van der Waals surface area contributed by atoms with Crippen LogP contribution in [0, 0.1) is 0 Å². The summed E-state index contributed by atoms with van der Waals surface area (Å²) in [6.45, 7) is 0. The first-order valence-electron chi connectivity index (χ1n) is 21.5. The van der Waals surface area contributed by atoms with Crippen molar-refractivity contribution in [3.8, 4) is 100 Å². The Morgan fingerprint density at radius 1 is 0.145 bits per heavy atom. The third-order valence-corrected chi connectivity index (χ3v) is 12.8. The summed E-state index contributed by atoms with van der Waals surface area (Å²) >= 11 is 0. The predicted octanol–water partition coefficient (Wildman–Crippen LogP) is 17.3. The van der Waals surface area contributed by atoms with Crippen LogP contribution in [0.1, 0.15) is 0 Å². The van der Waals surface area contributed by atoms with Gasteiger partial charge in [0.1, 0.15) is 0 Å². The van der Waals surface area contributed by atoms with Crippen LogP contribution < -0.4 is 0 Å². The largest absolute Gasteiger partial charge is 0.0622 e. The molecule has 0 radical (unpaired) electrons. The van der Waals surface area contributed by atoms with E-state index in [9.17, 15) is 0 Å². The van der Waals surface area contributed by atoms with E-state index >= 15 is 0 Å². The molecule has 0 atom stereocenters. The fourth-order valence-corrected chi connectivity index (χ4v) is 10.0. The number of benzene rings is 11. The molecule has 0 nitrogen and oxygen atoms in total. The van der Waals surface area contributed by atoms with Gasteiger partial charge in [-0.05, 0) is 152 Å². The lowest BCUT2D eigenvalue weighted by Gasteiger charge is -2.24. The van der Waals surface area contributed by atoms with Gasteiger partial charge >= 0.3 is 0 Å². The number of hydrogen-bond acceptors (Lipinski definition) is 0. The summed E-state index contributed by atoms with van der Waals surface area (Å²) in [5, 5.41) is 4.95. The highest BCUT2D eigenvalue weighted by molar-refractivity contribution is 6.22. The quantitative estimate of drug-likeness (QED) is 0.153. The average Bonchev–Trinajstić information content (AvgIpc) is 3.35. The maximum absolute atomic E-state index is 2.46. The number of fused-ring (bicyclic) bond motifs is 10. The fourth-order valence-electron chi connectivity index (χ4n) is 10.0. The second-order valence-electron chi connectivity index (χ2n) is 16.4. The summed E-state index contributed by atoms with van der Waals surface area (Å²) in [6, 6.07) is 89.6. The molecule has 0 N–H and O–H groups in total. The van der Waals surface area contributed by atoms with Crippen LogP contribution in [0.3, 0.4) is 0 Å². The van der Waals surface area contributed by atoms with E-state index in [0.29, 0.717) is 0 Å². The molecule has 0 heteroatoms. The molecule has 0 aromatic heterocycles. The maximum Gasteiger partial charge on any atom is -0.00259 e. The van der Waals surface area contributed by atoms with E-state index < -0.39 is 0 Å². The molecule has 0 unspecified atom stereocenters. The first-order valence-corrected chi connectivity index (χ1v) is 21.5. The van der Waals surface area contributed by atoms with Crippen LogP contribution in [0.15, 0.2) is 243 Å². The van der Waals surface area contributed by atoms with E-state index in [1.165, 1.54) is 122 Å². The summed E-state index contributed by atoms with van der Waals surface area (Å²) in [7, 11) is 0. The van der Waals surface area contributed by atoms with Gasteiger partial charge in [-0.2, -0.15) is 0 Å². The van der Waals surface area contributed by atoms with Crippen molar-refractivity contribution < 1.29 is 0 Å². The molecule has 62 heavy (non-hydrogen) atoms. The molecule has 0 saturated carbocycles. The van der Waals surface area contributed by atoms with Gasteiger partial charge in [0.25, 0.3) is 0 Å². The molecule has 0 saturated heterocycles. The average molecular weight is 785 g/mol. The molecule has 0 aliphatic heterocycles. The normalized spacial score (nSPS) is 11.5. The smallest absolute Gasteiger partial charge is 0.00259 e.